The Morgan fingerprint density at radius 1 is 1.20 bits per heavy atom. The van der Waals surface area contributed by atoms with Crippen molar-refractivity contribution in [3.8, 4) is 22.8 Å². The van der Waals surface area contributed by atoms with Gasteiger partial charge in [0.1, 0.15) is 0 Å². The van der Waals surface area contributed by atoms with Gasteiger partial charge >= 0.3 is 5.97 Å². The van der Waals surface area contributed by atoms with Crippen molar-refractivity contribution < 1.29 is 18.8 Å². The van der Waals surface area contributed by atoms with Crippen molar-refractivity contribution in [3.63, 3.8) is 0 Å². The van der Waals surface area contributed by atoms with Gasteiger partial charge in [-0.15, -0.1) is 0 Å². The van der Waals surface area contributed by atoms with E-state index < -0.39 is 5.97 Å². The SMILES string of the molecule is O=C(O)c1ccc(-c2noc(-c3ccoc3Cl)n2)cc1. The Morgan fingerprint density at radius 2 is 1.95 bits per heavy atom. The molecule has 0 amide bonds. The number of benzene rings is 1. The first-order valence-corrected chi connectivity index (χ1v) is 5.94. The van der Waals surface area contributed by atoms with Gasteiger partial charge in [-0.25, -0.2) is 4.79 Å². The highest BCUT2D eigenvalue weighted by atomic mass is 35.5. The van der Waals surface area contributed by atoms with Crippen molar-refractivity contribution in [1.29, 1.82) is 0 Å². The number of rotatable bonds is 3. The molecule has 1 aromatic carbocycles. The first kappa shape index (κ1) is 12.4. The largest absolute Gasteiger partial charge is 0.478 e. The average Bonchev–Trinajstić information content (AvgIpc) is 3.07. The highest BCUT2D eigenvalue weighted by Gasteiger charge is 2.15. The molecule has 3 aromatic rings. The fourth-order valence-electron chi connectivity index (χ4n) is 1.66. The van der Waals surface area contributed by atoms with E-state index in [0.717, 1.165) is 0 Å². The molecule has 100 valence electrons. The number of hydrogen-bond donors (Lipinski definition) is 1. The van der Waals surface area contributed by atoms with E-state index in [1.165, 1.54) is 18.4 Å². The molecule has 0 aliphatic carbocycles. The lowest BCUT2D eigenvalue weighted by Gasteiger charge is -1.95. The number of carbonyl (C=O) groups is 1. The van der Waals surface area contributed by atoms with Crippen LogP contribution in [-0.2, 0) is 0 Å². The normalized spacial score (nSPS) is 10.7. The van der Waals surface area contributed by atoms with Crippen molar-refractivity contribution in [2.45, 2.75) is 0 Å². The van der Waals surface area contributed by atoms with Crippen molar-refractivity contribution in [2.75, 3.05) is 0 Å². The van der Waals surface area contributed by atoms with Crippen LogP contribution in [0.25, 0.3) is 22.8 Å². The minimum Gasteiger partial charge on any atom is -0.478 e. The molecule has 3 rings (SSSR count). The van der Waals surface area contributed by atoms with E-state index in [-0.39, 0.29) is 16.7 Å². The second kappa shape index (κ2) is 4.82. The number of nitrogens with zero attached hydrogens (tertiary/aromatic N) is 2. The zero-order valence-corrected chi connectivity index (χ0v) is 10.7. The summed E-state index contributed by atoms with van der Waals surface area (Å²) < 4.78 is 10.0. The van der Waals surface area contributed by atoms with Gasteiger partial charge in [-0.1, -0.05) is 17.3 Å². The Morgan fingerprint density at radius 3 is 2.55 bits per heavy atom. The smallest absolute Gasteiger partial charge is 0.335 e. The van der Waals surface area contributed by atoms with Crippen LogP contribution in [0, 0.1) is 0 Å². The van der Waals surface area contributed by atoms with Gasteiger partial charge in [0.25, 0.3) is 5.89 Å². The van der Waals surface area contributed by atoms with Crippen molar-refractivity contribution >= 4 is 17.6 Å². The molecule has 0 aliphatic rings. The Kier molecular flexibility index (Phi) is 3.00. The van der Waals surface area contributed by atoms with Gasteiger partial charge < -0.3 is 14.0 Å². The molecular formula is C13H7ClN2O4. The topological polar surface area (TPSA) is 89.4 Å². The van der Waals surface area contributed by atoms with Gasteiger partial charge in [-0.3, -0.25) is 0 Å². The number of furan rings is 1. The van der Waals surface area contributed by atoms with Crippen LogP contribution < -0.4 is 0 Å². The Hall–Kier alpha value is -2.60. The summed E-state index contributed by atoms with van der Waals surface area (Å²) in [5.41, 5.74) is 1.34. The lowest BCUT2D eigenvalue weighted by atomic mass is 10.1. The van der Waals surface area contributed by atoms with Gasteiger partial charge in [0, 0.05) is 5.56 Å². The van der Waals surface area contributed by atoms with E-state index in [0.29, 0.717) is 17.0 Å². The second-order valence-corrected chi connectivity index (χ2v) is 4.26. The molecule has 0 saturated heterocycles. The monoisotopic (exact) mass is 290 g/mol. The van der Waals surface area contributed by atoms with Crippen LogP contribution in [0.1, 0.15) is 10.4 Å². The molecule has 0 unspecified atom stereocenters. The molecule has 7 heteroatoms. The van der Waals surface area contributed by atoms with Crippen LogP contribution in [0.4, 0.5) is 0 Å². The highest BCUT2D eigenvalue weighted by molar-refractivity contribution is 6.31. The maximum absolute atomic E-state index is 10.8. The van der Waals surface area contributed by atoms with E-state index >= 15 is 0 Å². The molecular weight excluding hydrogens is 284 g/mol. The molecule has 1 N–H and O–H groups in total. The Labute approximate surface area is 117 Å². The number of halogens is 1. The first-order valence-electron chi connectivity index (χ1n) is 5.56. The summed E-state index contributed by atoms with van der Waals surface area (Å²) >= 11 is 5.83. The molecule has 0 spiro atoms. The number of aromatic carboxylic acids is 1. The molecule has 0 atom stereocenters. The quantitative estimate of drug-likeness (QED) is 0.795. The number of aromatic nitrogens is 2. The lowest BCUT2D eigenvalue weighted by molar-refractivity contribution is 0.0697. The summed E-state index contributed by atoms with van der Waals surface area (Å²) in [6.45, 7) is 0. The third-order valence-electron chi connectivity index (χ3n) is 2.66. The van der Waals surface area contributed by atoms with Gasteiger partial charge in [-0.2, -0.15) is 4.98 Å². The third kappa shape index (κ3) is 2.17. The molecule has 0 aliphatic heterocycles. The Balaban J connectivity index is 1.94. The third-order valence-corrected chi connectivity index (χ3v) is 2.96. The summed E-state index contributed by atoms with van der Waals surface area (Å²) in [5.74, 6) is -0.411. The highest BCUT2D eigenvalue weighted by Crippen LogP contribution is 2.29. The van der Waals surface area contributed by atoms with Crippen LogP contribution in [0.3, 0.4) is 0 Å². The molecule has 0 saturated carbocycles. The first-order chi connectivity index (χ1) is 9.65. The predicted octanol–water partition coefficient (Wildman–Crippen LogP) is 3.35. The zero-order chi connectivity index (χ0) is 14.1. The van der Waals surface area contributed by atoms with Crippen molar-refractivity contribution in [1.82, 2.24) is 10.1 Å². The van der Waals surface area contributed by atoms with E-state index in [9.17, 15) is 4.79 Å². The molecule has 0 radical (unpaired) electrons. The van der Waals surface area contributed by atoms with E-state index in [4.69, 9.17) is 25.6 Å². The number of carboxylic acids is 1. The standard InChI is InChI=1S/C13H7ClN2O4/c14-10-9(5-6-19-10)12-15-11(16-20-12)7-1-3-8(4-2-7)13(17)18/h1-6H,(H,17,18). The minimum absolute atomic E-state index is 0.168. The van der Waals surface area contributed by atoms with Crippen LogP contribution in [-0.4, -0.2) is 21.2 Å². The average molecular weight is 291 g/mol. The molecule has 6 nitrogen and oxygen atoms in total. The van der Waals surface area contributed by atoms with E-state index in [1.807, 2.05) is 0 Å². The maximum atomic E-state index is 10.8. The molecule has 0 fully saturated rings. The summed E-state index contributed by atoms with van der Waals surface area (Å²) in [6.07, 6.45) is 1.42. The molecule has 20 heavy (non-hydrogen) atoms. The summed E-state index contributed by atoms with van der Waals surface area (Å²) in [5, 5.41) is 12.8. The predicted molar refractivity (Wildman–Crippen MR) is 69.4 cm³/mol. The van der Waals surface area contributed by atoms with Crippen LogP contribution in [0.2, 0.25) is 5.22 Å². The molecule has 2 aromatic heterocycles. The summed E-state index contributed by atoms with van der Waals surface area (Å²) in [4.78, 5) is 15.0. The van der Waals surface area contributed by atoms with Gasteiger partial charge in [0.2, 0.25) is 11.0 Å². The van der Waals surface area contributed by atoms with Crippen LogP contribution in [0.5, 0.6) is 0 Å². The van der Waals surface area contributed by atoms with E-state index in [1.54, 1.807) is 18.2 Å². The fraction of sp³-hybridized carbons (Fsp3) is 0. The number of carboxylic acid groups (broad SMARTS) is 1. The van der Waals surface area contributed by atoms with Crippen LogP contribution in [0.15, 0.2) is 45.5 Å². The number of hydrogen-bond acceptors (Lipinski definition) is 5. The summed E-state index contributed by atoms with van der Waals surface area (Å²) in [6, 6.07) is 7.77. The van der Waals surface area contributed by atoms with Crippen molar-refractivity contribution in [3.05, 3.63) is 47.4 Å². The van der Waals surface area contributed by atoms with Crippen molar-refractivity contribution in [2.24, 2.45) is 0 Å². The van der Waals surface area contributed by atoms with Gasteiger partial charge in [0.15, 0.2) is 0 Å². The molecule has 2 heterocycles. The Bertz CT molecular complexity index is 761. The fourth-order valence-corrected chi connectivity index (χ4v) is 1.85. The minimum atomic E-state index is -0.990. The maximum Gasteiger partial charge on any atom is 0.335 e. The zero-order valence-electron chi connectivity index (χ0n) is 9.91. The van der Waals surface area contributed by atoms with E-state index in [2.05, 4.69) is 10.1 Å². The lowest BCUT2D eigenvalue weighted by Crippen LogP contribution is -1.95. The second-order valence-electron chi connectivity index (χ2n) is 3.91. The van der Waals surface area contributed by atoms with Gasteiger partial charge in [-0.05, 0) is 29.8 Å². The van der Waals surface area contributed by atoms with Gasteiger partial charge in [0.05, 0.1) is 17.4 Å². The summed E-state index contributed by atoms with van der Waals surface area (Å²) in [7, 11) is 0. The molecule has 0 bridgehead atoms. The van der Waals surface area contributed by atoms with Crippen LogP contribution >= 0.6 is 11.6 Å².